The van der Waals surface area contributed by atoms with Gasteiger partial charge in [0, 0.05) is 0 Å². The first kappa shape index (κ1) is 12.1. The molecule has 0 aliphatic rings. The second-order valence-corrected chi connectivity index (χ2v) is 4.85. The van der Waals surface area contributed by atoms with Crippen LogP contribution in [0.5, 0.6) is 11.6 Å². The van der Waals surface area contributed by atoms with Gasteiger partial charge in [-0.1, -0.05) is 30.3 Å². The van der Waals surface area contributed by atoms with Crippen LogP contribution in [-0.2, 0) is 0 Å². The number of hydrogen-bond acceptors (Lipinski definition) is 4. The van der Waals surface area contributed by atoms with Gasteiger partial charge in [-0.05, 0) is 34.5 Å². The van der Waals surface area contributed by atoms with Crippen molar-refractivity contribution >= 4 is 33.5 Å². The Balaban J connectivity index is 1.80. The molecule has 0 radical (unpaired) electrons. The summed E-state index contributed by atoms with van der Waals surface area (Å²) in [5.41, 5.74) is 1.10. The van der Waals surface area contributed by atoms with Gasteiger partial charge in [0.1, 0.15) is 11.3 Å². The third-order valence-corrected chi connectivity index (χ3v) is 3.33. The fourth-order valence-corrected chi connectivity index (χ4v) is 2.35. The van der Waals surface area contributed by atoms with E-state index in [-0.39, 0.29) is 5.28 Å². The molecular weight excluding hydrogens is 288 g/mol. The Bertz CT molecular complexity index is 951. The second-order valence-electron chi connectivity index (χ2n) is 4.51. The van der Waals surface area contributed by atoms with Crippen molar-refractivity contribution in [2.24, 2.45) is 0 Å². The van der Waals surface area contributed by atoms with Gasteiger partial charge in [-0.3, -0.25) is 0 Å². The Hall–Kier alpha value is -2.66. The number of halogens is 1. The molecule has 2 aromatic carbocycles. The molecule has 1 N–H and O–H groups in total. The van der Waals surface area contributed by atoms with Gasteiger partial charge < -0.3 is 9.72 Å². The number of aromatic amines is 1. The monoisotopic (exact) mass is 296 g/mol. The maximum absolute atomic E-state index is 5.89. The zero-order valence-corrected chi connectivity index (χ0v) is 11.5. The Labute approximate surface area is 124 Å². The molecule has 0 atom stereocenters. The van der Waals surface area contributed by atoms with Gasteiger partial charge in [-0.2, -0.15) is 9.97 Å². The van der Waals surface area contributed by atoms with Crippen molar-refractivity contribution in [3.05, 3.63) is 54.1 Å². The summed E-state index contributed by atoms with van der Waals surface area (Å²) >= 11 is 5.89. The van der Waals surface area contributed by atoms with E-state index in [1.54, 1.807) is 0 Å². The first-order chi connectivity index (χ1) is 10.3. The van der Waals surface area contributed by atoms with Crippen LogP contribution in [0.4, 0.5) is 0 Å². The van der Waals surface area contributed by atoms with Gasteiger partial charge >= 0.3 is 0 Å². The van der Waals surface area contributed by atoms with E-state index in [0.717, 1.165) is 10.8 Å². The third-order valence-electron chi connectivity index (χ3n) is 3.16. The van der Waals surface area contributed by atoms with Crippen LogP contribution in [-0.4, -0.2) is 19.9 Å². The van der Waals surface area contributed by atoms with Crippen LogP contribution >= 0.6 is 11.6 Å². The van der Waals surface area contributed by atoms with Crippen molar-refractivity contribution in [1.29, 1.82) is 0 Å². The molecule has 0 aliphatic carbocycles. The standard InChI is InChI=1S/C15H9ClN4O/c16-15-19-13-12(17-8-18-13)14(20-15)21-11-6-5-9-3-1-2-4-10(9)7-11/h1-8H,(H,17,18,19,20). The summed E-state index contributed by atoms with van der Waals surface area (Å²) < 4.78 is 5.83. The van der Waals surface area contributed by atoms with E-state index in [1.807, 2.05) is 42.5 Å². The van der Waals surface area contributed by atoms with Crippen molar-refractivity contribution in [2.75, 3.05) is 0 Å². The lowest BCUT2D eigenvalue weighted by Crippen LogP contribution is -1.92. The molecule has 0 aliphatic heterocycles. The third kappa shape index (κ3) is 2.17. The van der Waals surface area contributed by atoms with Crippen LogP contribution in [0.3, 0.4) is 0 Å². The van der Waals surface area contributed by atoms with Gasteiger partial charge in [-0.15, -0.1) is 0 Å². The lowest BCUT2D eigenvalue weighted by atomic mass is 10.1. The normalized spacial score (nSPS) is 11.1. The van der Waals surface area contributed by atoms with Crippen LogP contribution in [0.25, 0.3) is 21.9 Å². The second kappa shape index (κ2) is 4.71. The molecule has 0 bridgehead atoms. The number of H-pyrrole nitrogens is 1. The molecule has 4 aromatic rings. The zero-order chi connectivity index (χ0) is 14.2. The number of ether oxygens (including phenoxy) is 1. The van der Waals surface area contributed by atoms with E-state index in [2.05, 4.69) is 19.9 Å². The minimum absolute atomic E-state index is 0.102. The molecule has 0 spiro atoms. The highest BCUT2D eigenvalue weighted by molar-refractivity contribution is 6.28. The summed E-state index contributed by atoms with van der Waals surface area (Å²) in [4.78, 5) is 15.1. The fourth-order valence-electron chi connectivity index (χ4n) is 2.20. The molecule has 0 saturated heterocycles. The number of hydrogen-bond donors (Lipinski definition) is 1. The summed E-state index contributed by atoms with van der Waals surface area (Å²) in [6.07, 6.45) is 1.53. The van der Waals surface area contributed by atoms with Crippen molar-refractivity contribution in [3.63, 3.8) is 0 Å². The van der Waals surface area contributed by atoms with E-state index < -0.39 is 0 Å². The Morgan fingerprint density at radius 2 is 1.86 bits per heavy atom. The van der Waals surface area contributed by atoms with Gasteiger partial charge in [0.25, 0.3) is 0 Å². The molecule has 102 valence electrons. The predicted molar refractivity (Wildman–Crippen MR) is 80.7 cm³/mol. The van der Waals surface area contributed by atoms with Crippen molar-refractivity contribution in [3.8, 4) is 11.6 Å². The van der Waals surface area contributed by atoms with E-state index in [4.69, 9.17) is 16.3 Å². The minimum Gasteiger partial charge on any atom is -0.437 e. The number of rotatable bonds is 2. The molecule has 0 unspecified atom stereocenters. The van der Waals surface area contributed by atoms with Crippen LogP contribution in [0, 0.1) is 0 Å². The molecular formula is C15H9ClN4O. The molecule has 21 heavy (non-hydrogen) atoms. The van der Waals surface area contributed by atoms with E-state index in [9.17, 15) is 0 Å². The predicted octanol–water partition coefficient (Wildman–Crippen LogP) is 3.95. The van der Waals surface area contributed by atoms with Crippen molar-refractivity contribution in [1.82, 2.24) is 19.9 Å². The molecule has 6 heteroatoms. The van der Waals surface area contributed by atoms with E-state index in [1.165, 1.54) is 6.33 Å². The summed E-state index contributed by atoms with van der Waals surface area (Å²) in [6.45, 7) is 0. The van der Waals surface area contributed by atoms with Crippen LogP contribution < -0.4 is 4.74 Å². The lowest BCUT2D eigenvalue weighted by Gasteiger charge is -2.06. The molecule has 2 aromatic heterocycles. The van der Waals surface area contributed by atoms with Gasteiger partial charge in [0.05, 0.1) is 6.33 Å². The lowest BCUT2D eigenvalue weighted by molar-refractivity contribution is 0.468. The average molecular weight is 297 g/mol. The smallest absolute Gasteiger partial charge is 0.250 e. The number of fused-ring (bicyclic) bond motifs is 2. The average Bonchev–Trinajstić information content (AvgIpc) is 2.95. The number of aromatic nitrogens is 4. The van der Waals surface area contributed by atoms with Crippen LogP contribution in [0.15, 0.2) is 48.8 Å². The fraction of sp³-hybridized carbons (Fsp3) is 0. The van der Waals surface area contributed by atoms with Crippen LogP contribution in [0.2, 0.25) is 5.28 Å². The first-order valence-electron chi connectivity index (χ1n) is 6.33. The number of nitrogens with one attached hydrogen (secondary N) is 1. The molecule has 5 nitrogen and oxygen atoms in total. The highest BCUT2D eigenvalue weighted by Gasteiger charge is 2.11. The maximum atomic E-state index is 5.89. The SMILES string of the molecule is Clc1nc(Oc2ccc3ccccc3c2)c2[nH]cnc2n1. The topological polar surface area (TPSA) is 63.7 Å². The quantitative estimate of drug-likeness (QED) is 0.569. The Morgan fingerprint density at radius 1 is 1.00 bits per heavy atom. The highest BCUT2D eigenvalue weighted by Crippen LogP contribution is 2.28. The number of imidazole rings is 1. The summed E-state index contributed by atoms with van der Waals surface area (Å²) in [6, 6.07) is 13.9. The summed E-state index contributed by atoms with van der Waals surface area (Å²) in [5.74, 6) is 1.04. The first-order valence-corrected chi connectivity index (χ1v) is 6.71. The zero-order valence-electron chi connectivity index (χ0n) is 10.7. The van der Waals surface area contributed by atoms with Gasteiger partial charge in [-0.25, -0.2) is 4.98 Å². The molecule has 0 amide bonds. The molecule has 0 fully saturated rings. The Kier molecular flexibility index (Phi) is 2.72. The Morgan fingerprint density at radius 3 is 2.76 bits per heavy atom. The van der Waals surface area contributed by atoms with Gasteiger partial charge in [0.15, 0.2) is 5.65 Å². The minimum atomic E-state index is 0.102. The van der Waals surface area contributed by atoms with E-state index >= 15 is 0 Å². The summed E-state index contributed by atoms with van der Waals surface area (Å²) in [7, 11) is 0. The summed E-state index contributed by atoms with van der Waals surface area (Å²) in [5, 5.41) is 2.35. The van der Waals surface area contributed by atoms with Crippen molar-refractivity contribution in [2.45, 2.75) is 0 Å². The molecule has 2 heterocycles. The largest absolute Gasteiger partial charge is 0.437 e. The molecule has 0 saturated carbocycles. The van der Waals surface area contributed by atoms with E-state index in [0.29, 0.717) is 22.8 Å². The highest BCUT2D eigenvalue weighted by atomic mass is 35.5. The maximum Gasteiger partial charge on any atom is 0.250 e. The number of nitrogens with zero attached hydrogens (tertiary/aromatic N) is 3. The number of benzene rings is 2. The van der Waals surface area contributed by atoms with Gasteiger partial charge in [0.2, 0.25) is 11.2 Å². The van der Waals surface area contributed by atoms with Crippen LogP contribution in [0.1, 0.15) is 0 Å². The molecule has 4 rings (SSSR count). The van der Waals surface area contributed by atoms with Crippen molar-refractivity contribution < 1.29 is 4.74 Å².